The highest BCUT2D eigenvalue weighted by Crippen LogP contribution is 2.36. The van der Waals surface area contributed by atoms with Gasteiger partial charge in [-0.3, -0.25) is 4.79 Å². The fourth-order valence-electron chi connectivity index (χ4n) is 1.60. The fourth-order valence-corrected chi connectivity index (χ4v) is 2.16. The number of methoxy groups -OCH3 is 1. The van der Waals surface area contributed by atoms with Crippen LogP contribution in [0.3, 0.4) is 0 Å². The highest BCUT2D eigenvalue weighted by Gasteiger charge is 2.15. The normalized spacial score (nSPS) is 9.71. The van der Waals surface area contributed by atoms with Crippen molar-refractivity contribution >= 4 is 34.2 Å². The summed E-state index contributed by atoms with van der Waals surface area (Å²) in [6.45, 7) is 3.73. The average Bonchev–Trinajstić information content (AvgIpc) is 2.45. The summed E-state index contributed by atoms with van der Waals surface area (Å²) in [7, 11) is 1.55. The van der Waals surface area contributed by atoms with E-state index in [1.807, 2.05) is 6.92 Å². The second-order valence-corrected chi connectivity index (χ2v) is 5.09. The van der Waals surface area contributed by atoms with Crippen molar-refractivity contribution in [3.05, 3.63) is 22.2 Å². The van der Waals surface area contributed by atoms with Crippen LogP contribution in [-0.4, -0.2) is 32.7 Å². The third-order valence-electron chi connectivity index (χ3n) is 2.61. The SMILES string of the molecule is CCCOc1c(Br)cc(C(=O)NCCCN)cc1OC.Cl. The maximum Gasteiger partial charge on any atom is 0.251 e. The van der Waals surface area contributed by atoms with Crippen LogP contribution < -0.4 is 20.5 Å². The Balaban J connectivity index is 0.00000400. The Bertz CT molecular complexity index is 458. The van der Waals surface area contributed by atoms with Crippen LogP contribution in [0.15, 0.2) is 16.6 Å². The number of hydrogen-bond acceptors (Lipinski definition) is 4. The molecule has 0 saturated heterocycles. The number of hydrogen-bond donors (Lipinski definition) is 2. The standard InChI is InChI=1S/C14H21BrN2O3.ClH/c1-3-7-20-13-11(15)8-10(9-12(13)19-2)14(18)17-6-4-5-16;/h8-9H,3-7,16H2,1-2H3,(H,17,18);1H. The van der Waals surface area contributed by atoms with Crippen molar-refractivity contribution in [3.63, 3.8) is 0 Å². The molecule has 0 unspecified atom stereocenters. The molecule has 1 rings (SSSR count). The van der Waals surface area contributed by atoms with Gasteiger partial charge in [0.05, 0.1) is 18.2 Å². The van der Waals surface area contributed by atoms with Gasteiger partial charge in [-0.15, -0.1) is 12.4 Å². The van der Waals surface area contributed by atoms with E-state index < -0.39 is 0 Å². The van der Waals surface area contributed by atoms with Crippen molar-refractivity contribution in [2.24, 2.45) is 5.73 Å². The van der Waals surface area contributed by atoms with Gasteiger partial charge in [0.2, 0.25) is 0 Å². The lowest BCUT2D eigenvalue weighted by Gasteiger charge is -2.14. The van der Waals surface area contributed by atoms with Crippen LogP contribution in [0.1, 0.15) is 30.1 Å². The molecule has 1 aromatic rings. The van der Waals surface area contributed by atoms with Crippen LogP contribution in [0.25, 0.3) is 0 Å². The highest BCUT2D eigenvalue weighted by molar-refractivity contribution is 9.10. The third-order valence-corrected chi connectivity index (χ3v) is 3.20. The van der Waals surface area contributed by atoms with Crippen molar-refractivity contribution in [1.82, 2.24) is 5.32 Å². The number of nitrogens with one attached hydrogen (secondary N) is 1. The summed E-state index contributed by atoms with van der Waals surface area (Å²) in [6, 6.07) is 3.40. The summed E-state index contributed by atoms with van der Waals surface area (Å²) in [6.07, 6.45) is 1.65. The first-order valence-electron chi connectivity index (χ1n) is 6.62. The molecule has 5 nitrogen and oxygen atoms in total. The molecule has 0 fully saturated rings. The van der Waals surface area contributed by atoms with E-state index in [4.69, 9.17) is 15.2 Å². The number of amides is 1. The molecule has 0 atom stereocenters. The van der Waals surface area contributed by atoms with Gasteiger partial charge in [0.25, 0.3) is 5.91 Å². The second kappa shape index (κ2) is 10.7. The first-order valence-corrected chi connectivity index (χ1v) is 7.41. The Morgan fingerprint density at radius 1 is 1.43 bits per heavy atom. The molecular weight excluding hydrogens is 360 g/mol. The predicted molar refractivity (Wildman–Crippen MR) is 89.7 cm³/mol. The quantitative estimate of drug-likeness (QED) is 0.679. The van der Waals surface area contributed by atoms with E-state index in [2.05, 4.69) is 21.2 Å². The van der Waals surface area contributed by atoms with Crippen LogP contribution in [0, 0.1) is 0 Å². The van der Waals surface area contributed by atoms with E-state index in [0.717, 1.165) is 12.8 Å². The lowest BCUT2D eigenvalue weighted by Crippen LogP contribution is -2.26. The topological polar surface area (TPSA) is 73.6 Å². The molecule has 0 radical (unpaired) electrons. The van der Waals surface area contributed by atoms with Gasteiger partial charge in [-0.1, -0.05) is 6.92 Å². The molecule has 7 heteroatoms. The van der Waals surface area contributed by atoms with Crippen LogP contribution in [0.4, 0.5) is 0 Å². The van der Waals surface area contributed by atoms with E-state index in [1.165, 1.54) is 0 Å². The minimum absolute atomic E-state index is 0. The predicted octanol–water partition coefficient (Wildman–Crippen LogP) is 2.75. The molecule has 0 spiro atoms. The van der Waals surface area contributed by atoms with Crippen molar-refractivity contribution in [2.75, 3.05) is 26.8 Å². The number of benzene rings is 1. The zero-order valence-corrected chi connectivity index (χ0v) is 14.7. The van der Waals surface area contributed by atoms with Crippen molar-refractivity contribution in [1.29, 1.82) is 0 Å². The minimum Gasteiger partial charge on any atom is -0.493 e. The number of carbonyl (C=O) groups is 1. The Hall–Kier alpha value is -0.980. The highest BCUT2D eigenvalue weighted by atomic mass is 79.9. The van der Waals surface area contributed by atoms with E-state index in [9.17, 15) is 4.79 Å². The van der Waals surface area contributed by atoms with Crippen molar-refractivity contribution in [3.8, 4) is 11.5 Å². The molecule has 1 amide bonds. The summed E-state index contributed by atoms with van der Waals surface area (Å²) in [4.78, 5) is 12.0. The van der Waals surface area contributed by atoms with Gasteiger partial charge in [0.1, 0.15) is 0 Å². The van der Waals surface area contributed by atoms with E-state index in [-0.39, 0.29) is 18.3 Å². The minimum atomic E-state index is -0.153. The largest absolute Gasteiger partial charge is 0.493 e. The molecule has 0 aliphatic rings. The van der Waals surface area contributed by atoms with Gasteiger partial charge in [0, 0.05) is 12.1 Å². The van der Waals surface area contributed by atoms with Crippen LogP contribution in [0.2, 0.25) is 0 Å². The van der Waals surface area contributed by atoms with Gasteiger partial charge >= 0.3 is 0 Å². The smallest absolute Gasteiger partial charge is 0.251 e. The summed E-state index contributed by atoms with van der Waals surface area (Å²) in [5.41, 5.74) is 5.92. The molecule has 0 aliphatic heterocycles. The van der Waals surface area contributed by atoms with E-state index >= 15 is 0 Å². The summed E-state index contributed by atoms with van der Waals surface area (Å²) in [5, 5.41) is 2.80. The first kappa shape index (κ1) is 20.0. The van der Waals surface area contributed by atoms with E-state index in [0.29, 0.717) is 41.2 Å². The molecular formula is C14H22BrClN2O3. The van der Waals surface area contributed by atoms with Crippen LogP contribution in [0.5, 0.6) is 11.5 Å². The molecule has 21 heavy (non-hydrogen) atoms. The van der Waals surface area contributed by atoms with E-state index in [1.54, 1.807) is 19.2 Å². The van der Waals surface area contributed by atoms with Gasteiger partial charge in [-0.25, -0.2) is 0 Å². The Morgan fingerprint density at radius 2 is 2.14 bits per heavy atom. The first-order chi connectivity index (χ1) is 9.63. The summed E-state index contributed by atoms with van der Waals surface area (Å²) in [5.74, 6) is 1.00. The zero-order chi connectivity index (χ0) is 15.0. The van der Waals surface area contributed by atoms with Gasteiger partial charge in [0.15, 0.2) is 11.5 Å². The molecule has 0 saturated carbocycles. The van der Waals surface area contributed by atoms with Crippen molar-refractivity contribution < 1.29 is 14.3 Å². The summed E-state index contributed by atoms with van der Waals surface area (Å²) < 4.78 is 11.6. The van der Waals surface area contributed by atoms with Gasteiger partial charge in [-0.2, -0.15) is 0 Å². The maximum absolute atomic E-state index is 12.0. The number of ether oxygens (including phenoxy) is 2. The number of halogens is 2. The fraction of sp³-hybridized carbons (Fsp3) is 0.500. The lowest BCUT2D eigenvalue weighted by atomic mass is 10.2. The number of carbonyl (C=O) groups excluding carboxylic acids is 1. The molecule has 0 heterocycles. The summed E-state index contributed by atoms with van der Waals surface area (Å²) >= 11 is 3.41. The molecule has 0 bridgehead atoms. The molecule has 120 valence electrons. The van der Waals surface area contributed by atoms with Crippen molar-refractivity contribution in [2.45, 2.75) is 19.8 Å². The molecule has 3 N–H and O–H groups in total. The van der Waals surface area contributed by atoms with Crippen LogP contribution in [-0.2, 0) is 0 Å². The lowest BCUT2D eigenvalue weighted by molar-refractivity contribution is 0.0953. The molecule has 0 aromatic heterocycles. The average molecular weight is 382 g/mol. The number of rotatable bonds is 8. The van der Waals surface area contributed by atoms with Gasteiger partial charge < -0.3 is 20.5 Å². The Morgan fingerprint density at radius 3 is 2.71 bits per heavy atom. The van der Waals surface area contributed by atoms with Gasteiger partial charge in [-0.05, 0) is 47.4 Å². The Labute approximate surface area is 140 Å². The maximum atomic E-state index is 12.0. The number of nitrogens with two attached hydrogens (primary N) is 1. The molecule has 0 aliphatic carbocycles. The second-order valence-electron chi connectivity index (χ2n) is 4.24. The third kappa shape index (κ3) is 6.11. The monoisotopic (exact) mass is 380 g/mol. The zero-order valence-electron chi connectivity index (χ0n) is 12.3. The Kier molecular flexibility index (Phi) is 10.2. The molecule has 1 aromatic carbocycles. The van der Waals surface area contributed by atoms with Crippen LogP contribution >= 0.6 is 28.3 Å².